The smallest absolute Gasteiger partial charge is 0.254 e. The zero-order valence-electron chi connectivity index (χ0n) is 12.1. The Kier molecular flexibility index (Phi) is 3.42. The predicted octanol–water partition coefficient (Wildman–Crippen LogP) is 2.16. The zero-order valence-corrected chi connectivity index (χ0v) is 12.1. The number of nitrogens with one attached hydrogen (secondary N) is 1. The van der Waals surface area contributed by atoms with Gasteiger partial charge in [-0.05, 0) is 56.4 Å². The van der Waals surface area contributed by atoms with Gasteiger partial charge in [-0.3, -0.25) is 4.79 Å². The molecule has 2 aliphatic heterocycles. The number of hydrogen-bond donors (Lipinski definition) is 2. The van der Waals surface area contributed by atoms with E-state index in [-0.39, 0.29) is 24.1 Å². The first-order chi connectivity index (χ1) is 9.60. The van der Waals surface area contributed by atoms with Gasteiger partial charge >= 0.3 is 0 Å². The third kappa shape index (κ3) is 2.18. The molecule has 4 heteroatoms. The Balaban J connectivity index is 1.84. The number of carbonyl (C=O) groups is 1. The van der Waals surface area contributed by atoms with E-state index < -0.39 is 0 Å². The van der Waals surface area contributed by atoms with E-state index in [0.717, 1.165) is 42.5 Å². The quantitative estimate of drug-likeness (QED) is 0.869. The van der Waals surface area contributed by atoms with Crippen LogP contribution in [0.4, 0.5) is 5.69 Å². The van der Waals surface area contributed by atoms with Crippen molar-refractivity contribution < 1.29 is 9.90 Å². The molecular weight excluding hydrogens is 252 g/mol. The second kappa shape index (κ2) is 5.09. The fraction of sp³-hybridized carbons (Fsp3) is 0.562. The van der Waals surface area contributed by atoms with Crippen LogP contribution < -0.4 is 5.32 Å². The molecule has 2 aliphatic rings. The van der Waals surface area contributed by atoms with Crippen LogP contribution in [0.5, 0.6) is 0 Å². The van der Waals surface area contributed by atoms with Gasteiger partial charge in [0.05, 0.1) is 6.10 Å². The van der Waals surface area contributed by atoms with Crippen molar-refractivity contribution in [3.05, 3.63) is 29.3 Å². The van der Waals surface area contributed by atoms with E-state index in [9.17, 15) is 9.90 Å². The summed E-state index contributed by atoms with van der Waals surface area (Å²) in [5.41, 5.74) is 2.90. The van der Waals surface area contributed by atoms with Gasteiger partial charge < -0.3 is 15.3 Å². The van der Waals surface area contributed by atoms with E-state index in [1.807, 2.05) is 37.1 Å². The highest BCUT2D eigenvalue weighted by Gasteiger charge is 2.42. The van der Waals surface area contributed by atoms with Gasteiger partial charge in [-0.1, -0.05) is 0 Å². The normalized spacial score (nSPS) is 28.6. The Labute approximate surface area is 119 Å². The number of amides is 1. The minimum Gasteiger partial charge on any atom is -0.393 e. The standard InChI is InChI=1S/C16H22N2O2/c1-10-7-11(3-6-15(10)17-2)16(20)18-12-4-5-13(18)9-14(19)8-12/h3,6-7,12-14,17,19H,4-5,8-9H2,1-2H3. The first kappa shape index (κ1) is 13.4. The number of benzene rings is 1. The maximum Gasteiger partial charge on any atom is 0.254 e. The van der Waals surface area contributed by atoms with Crippen LogP contribution in [0.3, 0.4) is 0 Å². The lowest BCUT2D eigenvalue weighted by molar-refractivity contribution is 0.0287. The minimum atomic E-state index is -0.232. The van der Waals surface area contributed by atoms with Crippen LogP contribution in [0, 0.1) is 6.92 Å². The Morgan fingerprint density at radius 1 is 1.30 bits per heavy atom. The number of carbonyl (C=O) groups excluding carboxylic acids is 1. The molecule has 1 aromatic rings. The fourth-order valence-corrected chi connectivity index (χ4v) is 3.71. The molecule has 20 heavy (non-hydrogen) atoms. The number of hydrogen-bond acceptors (Lipinski definition) is 3. The molecule has 0 spiro atoms. The van der Waals surface area contributed by atoms with Gasteiger partial charge in [-0.2, -0.15) is 0 Å². The van der Waals surface area contributed by atoms with Crippen LogP contribution in [-0.4, -0.2) is 41.1 Å². The number of nitrogens with zero attached hydrogens (tertiary/aromatic N) is 1. The summed E-state index contributed by atoms with van der Waals surface area (Å²) in [6.07, 6.45) is 3.29. The molecule has 2 unspecified atom stereocenters. The van der Waals surface area contributed by atoms with Gasteiger partial charge in [0.1, 0.15) is 0 Å². The van der Waals surface area contributed by atoms with Crippen LogP contribution in [0.15, 0.2) is 18.2 Å². The highest BCUT2D eigenvalue weighted by atomic mass is 16.3. The maximum absolute atomic E-state index is 12.7. The van der Waals surface area contributed by atoms with Gasteiger partial charge in [0.25, 0.3) is 5.91 Å². The average molecular weight is 274 g/mol. The van der Waals surface area contributed by atoms with Crippen molar-refractivity contribution in [2.45, 2.75) is 50.8 Å². The van der Waals surface area contributed by atoms with E-state index in [4.69, 9.17) is 0 Å². The van der Waals surface area contributed by atoms with Crippen molar-refractivity contribution >= 4 is 11.6 Å². The second-order valence-electron chi connectivity index (χ2n) is 6.00. The molecule has 3 rings (SSSR count). The summed E-state index contributed by atoms with van der Waals surface area (Å²) in [5, 5.41) is 12.9. The number of anilines is 1. The lowest BCUT2D eigenvalue weighted by atomic mass is 9.98. The molecule has 0 radical (unpaired) electrons. The maximum atomic E-state index is 12.7. The molecule has 4 nitrogen and oxygen atoms in total. The lowest BCUT2D eigenvalue weighted by Gasteiger charge is -2.37. The summed E-state index contributed by atoms with van der Waals surface area (Å²) < 4.78 is 0. The van der Waals surface area contributed by atoms with E-state index >= 15 is 0 Å². The van der Waals surface area contributed by atoms with Gasteiger partial charge in [-0.25, -0.2) is 0 Å². The van der Waals surface area contributed by atoms with Crippen LogP contribution in [0.1, 0.15) is 41.6 Å². The van der Waals surface area contributed by atoms with Gasteiger partial charge in [0.15, 0.2) is 0 Å². The summed E-state index contributed by atoms with van der Waals surface area (Å²) in [6.45, 7) is 2.01. The summed E-state index contributed by atoms with van der Waals surface area (Å²) in [5.74, 6) is 0.121. The molecule has 1 aromatic carbocycles. The molecule has 2 saturated heterocycles. The van der Waals surface area contributed by atoms with Crippen molar-refractivity contribution in [1.82, 2.24) is 4.90 Å². The van der Waals surface area contributed by atoms with Crippen molar-refractivity contribution in [2.75, 3.05) is 12.4 Å². The Morgan fingerprint density at radius 2 is 1.95 bits per heavy atom. The third-order valence-electron chi connectivity index (χ3n) is 4.69. The SMILES string of the molecule is CNc1ccc(C(=O)N2C3CCC2CC(O)C3)cc1C. The first-order valence-electron chi connectivity index (χ1n) is 7.39. The minimum absolute atomic E-state index is 0.121. The lowest BCUT2D eigenvalue weighted by Crippen LogP contribution is -2.48. The summed E-state index contributed by atoms with van der Waals surface area (Å²) >= 11 is 0. The Hall–Kier alpha value is -1.55. The van der Waals surface area contributed by atoms with E-state index in [1.165, 1.54) is 0 Å². The fourth-order valence-electron chi connectivity index (χ4n) is 3.71. The predicted molar refractivity (Wildman–Crippen MR) is 78.9 cm³/mol. The van der Waals surface area contributed by atoms with Gasteiger partial charge in [-0.15, -0.1) is 0 Å². The summed E-state index contributed by atoms with van der Waals surface area (Å²) in [6, 6.07) is 6.26. The van der Waals surface area contributed by atoms with E-state index in [0.29, 0.717) is 0 Å². The molecule has 2 heterocycles. The van der Waals surface area contributed by atoms with Gasteiger partial charge in [0, 0.05) is 30.4 Å². The summed E-state index contributed by atoms with van der Waals surface area (Å²) in [4.78, 5) is 14.8. The topological polar surface area (TPSA) is 52.6 Å². The molecule has 0 aromatic heterocycles. The number of aliphatic hydroxyl groups is 1. The first-order valence-corrected chi connectivity index (χ1v) is 7.39. The van der Waals surface area contributed by atoms with Crippen LogP contribution in [0.25, 0.3) is 0 Å². The van der Waals surface area contributed by atoms with Crippen molar-refractivity contribution in [3.63, 3.8) is 0 Å². The molecule has 2 fully saturated rings. The molecule has 0 aliphatic carbocycles. The third-order valence-corrected chi connectivity index (χ3v) is 4.69. The molecular formula is C16H22N2O2. The highest BCUT2D eigenvalue weighted by molar-refractivity contribution is 5.95. The van der Waals surface area contributed by atoms with E-state index in [1.54, 1.807) is 0 Å². The van der Waals surface area contributed by atoms with Crippen molar-refractivity contribution in [3.8, 4) is 0 Å². The molecule has 0 saturated carbocycles. The largest absolute Gasteiger partial charge is 0.393 e. The summed E-state index contributed by atoms with van der Waals surface area (Å²) in [7, 11) is 1.89. The van der Waals surface area contributed by atoms with Gasteiger partial charge in [0.2, 0.25) is 0 Å². The molecule has 2 N–H and O–H groups in total. The second-order valence-corrected chi connectivity index (χ2v) is 6.00. The number of fused-ring (bicyclic) bond motifs is 2. The van der Waals surface area contributed by atoms with Crippen LogP contribution in [0.2, 0.25) is 0 Å². The monoisotopic (exact) mass is 274 g/mol. The molecule has 1 amide bonds. The number of aryl methyl sites for hydroxylation is 1. The zero-order chi connectivity index (χ0) is 14.3. The van der Waals surface area contributed by atoms with Crippen molar-refractivity contribution in [1.29, 1.82) is 0 Å². The van der Waals surface area contributed by atoms with Crippen LogP contribution in [-0.2, 0) is 0 Å². The number of piperidine rings is 1. The molecule has 108 valence electrons. The number of aliphatic hydroxyl groups excluding tert-OH is 1. The number of rotatable bonds is 2. The molecule has 2 bridgehead atoms. The highest BCUT2D eigenvalue weighted by Crippen LogP contribution is 2.37. The van der Waals surface area contributed by atoms with Crippen molar-refractivity contribution in [2.24, 2.45) is 0 Å². The van der Waals surface area contributed by atoms with E-state index in [2.05, 4.69) is 5.32 Å². The Morgan fingerprint density at radius 3 is 2.50 bits per heavy atom. The van der Waals surface area contributed by atoms with Crippen LogP contribution >= 0.6 is 0 Å². The average Bonchev–Trinajstić information content (AvgIpc) is 2.70. The molecule has 2 atom stereocenters. The Bertz CT molecular complexity index is 515.